The van der Waals surface area contributed by atoms with Crippen LogP contribution in [0.2, 0.25) is 0 Å². The quantitative estimate of drug-likeness (QED) is 0.0273. The molecule has 0 aliphatic carbocycles. The van der Waals surface area contributed by atoms with Crippen LogP contribution in [-0.4, -0.2) is 68.5 Å². The Balaban J connectivity index is 4.23. The first-order valence-electron chi connectivity index (χ1n) is 24.9. The number of phosphoric acid groups is 1. The van der Waals surface area contributed by atoms with Crippen LogP contribution in [0, 0.1) is 0 Å². The molecular formula is C55H93N2O6P. The van der Waals surface area contributed by atoms with E-state index in [1.54, 1.807) is 6.08 Å². The zero-order valence-corrected chi connectivity index (χ0v) is 42.1. The molecule has 0 spiro atoms. The molecule has 364 valence electrons. The molecule has 9 heteroatoms. The molecule has 3 atom stereocenters. The van der Waals surface area contributed by atoms with Crippen molar-refractivity contribution >= 4 is 13.7 Å². The Kier molecular flexibility index (Phi) is 42.9. The van der Waals surface area contributed by atoms with Crippen molar-refractivity contribution in [1.82, 2.24) is 5.32 Å². The molecule has 3 unspecified atom stereocenters. The molecule has 0 aliphatic heterocycles. The molecule has 0 fully saturated rings. The smallest absolute Gasteiger partial charge is 0.268 e. The highest BCUT2D eigenvalue weighted by Crippen LogP contribution is 2.38. The predicted octanol–water partition coefficient (Wildman–Crippen LogP) is 14.0. The van der Waals surface area contributed by atoms with Crippen molar-refractivity contribution in [3.8, 4) is 0 Å². The van der Waals surface area contributed by atoms with Gasteiger partial charge in [0.15, 0.2) is 0 Å². The van der Waals surface area contributed by atoms with Gasteiger partial charge in [-0.2, -0.15) is 0 Å². The van der Waals surface area contributed by atoms with Crippen LogP contribution in [0.15, 0.2) is 122 Å². The summed E-state index contributed by atoms with van der Waals surface area (Å²) < 4.78 is 23.2. The van der Waals surface area contributed by atoms with Gasteiger partial charge in [-0.3, -0.25) is 9.36 Å². The molecule has 1 amide bonds. The highest BCUT2D eigenvalue weighted by Gasteiger charge is 2.23. The summed E-state index contributed by atoms with van der Waals surface area (Å²) in [4.78, 5) is 25.3. The van der Waals surface area contributed by atoms with E-state index in [1.165, 1.54) is 32.1 Å². The summed E-state index contributed by atoms with van der Waals surface area (Å²) in [6.45, 7) is 4.39. The number of nitrogens with zero attached hydrogens (tertiary/aromatic N) is 1. The summed E-state index contributed by atoms with van der Waals surface area (Å²) in [6.07, 6.45) is 67.0. The SMILES string of the molecule is CC/C=C\C/C=C\C/C=C\C/C=C\C/C=C\C/C=C\C/C=C\CCCCCCCCCCCC(=O)NC(COP(=O)([O-])OCC[N+](C)(C)C)C(O)/C=C/CC/C=C/CC/C=C/CCC. The number of hydrogen-bond donors (Lipinski definition) is 2. The summed E-state index contributed by atoms with van der Waals surface area (Å²) in [6, 6.07) is -0.920. The van der Waals surface area contributed by atoms with Gasteiger partial charge in [0.1, 0.15) is 13.2 Å². The van der Waals surface area contributed by atoms with Crippen LogP contribution in [0.4, 0.5) is 0 Å². The van der Waals surface area contributed by atoms with Crippen LogP contribution in [0.5, 0.6) is 0 Å². The number of allylic oxidation sites excluding steroid dienone is 19. The first-order valence-corrected chi connectivity index (χ1v) is 26.4. The topological polar surface area (TPSA) is 108 Å². The molecule has 0 rings (SSSR count). The molecule has 64 heavy (non-hydrogen) atoms. The fourth-order valence-corrected chi connectivity index (χ4v) is 6.95. The van der Waals surface area contributed by atoms with E-state index in [0.717, 1.165) is 116 Å². The highest BCUT2D eigenvalue weighted by atomic mass is 31.2. The van der Waals surface area contributed by atoms with E-state index in [2.05, 4.69) is 129 Å². The van der Waals surface area contributed by atoms with Gasteiger partial charge in [0, 0.05) is 6.42 Å². The van der Waals surface area contributed by atoms with Gasteiger partial charge in [-0.15, -0.1) is 0 Å². The van der Waals surface area contributed by atoms with Gasteiger partial charge >= 0.3 is 0 Å². The molecule has 0 bridgehead atoms. The average molecular weight is 909 g/mol. The van der Waals surface area contributed by atoms with Crippen molar-refractivity contribution in [3.05, 3.63) is 122 Å². The van der Waals surface area contributed by atoms with E-state index < -0.39 is 26.6 Å². The molecule has 8 nitrogen and oxygen atoms in total. The second-order valence-corrected chi connectivity index (χ2v) is 18.8. The number of nitrogens with one attached hydrogen (secondary N) is 1. The van der Waals surface area contributed by atoms with Crippen molar-refractivity contribution in [2.75, 3.05) is 40.9 Å². The Morgan fingerprint density at radius 3 is 1.44 bits per heavy atom. The zero-order chi connectivity index (χ0) is 47.1. The summed E-state index contributed by atoms with van der Waals surface area (Å²) in [5, 5.41) is 13.7. The number of amides is 1. The van der Waals surface area contributed by atoms with E-state index in [-0.39, 0.29) is 12.5 Å². The molecule has 0 aromatic heterocycles. The normalized spacial score (nSPS) is 15.2. The van der Waals surface area contributed by atoms with Crippen LogP contribution in [0.25, 0.3) is 0 Å². The summed E-state index contributed by atoms with van der Waals surface area (Å²) in [5.74, 6) is -0.227. The minimum absolute atomic E-state index is 0.0171. The third kappa shape index (κ3) is 46.9. The zero-order valence-electron chi connectivity index (χ0n) is 41.2. The molecule has 0 saturated carbocycles. The molecule has 2 N–H and O–H groups in total. The first kappa shape index (κ1) is 60.9. The van der Waals surface area contributed by atoms with Crippen molar-refractivity contribution in [2.45, 2.75) is 180 Å². The summed E-state index contributed by atoms with van der Waals surface area (Å²) >= 11 is 0. The van der Waals surface area contributed by atoms with Gasteiger partial charge in [0.2, 0.25) is 5.91 Å². The summed E-state index contributed by atoms with van der Waals surface area (Å²) in [5.41, 5.74) is 0. The number of quaternary nitrogens is 1. The van der Waals surface area contributed by atoms with Crippen molar-refractivity contribution in [3.63, 3.8) is 0 Å². The number of unbranched alkanes of at least 4 members (excludes halogenated alkanes) is 12. The lowest BCUT2D eigenvalue weighted by Gasteiger charge is -2.29. The second kappa shape index (κ2) is 45.1. The Morgan fingerprint density at radius 2 is 0.969 bits per heavy atom. The number of hydrogen-bond acceptors (Lipinski definition) is 6. The van der Waals surface area contributed by atoms with Crippen LogP contribution in [0.3, 0.4) is 0 Å². The Morgan fingerprint density at radius 1 is 0.562 bits per heavy atom. The fraction of sp³-hybridized carbons (Fsp3) is 0.618. The second-order valence-electron chi connectivity index (χ2n) is 17.4. The van der Waals surface area contributed by atoms with Crippen molar-refractivity contribution in [2.24, 2.45) is 0 Å². The van der Waals surface area contributed by atoms with E-state index >= 15 is 0 Å². The van der Waals surface area contributed by atoms with Crippen molar-refractivity contribution in [1.29, 1.82) is 0 Å². The van der Waals surface area contributed by atoms with E-state index in [0.29, 0.717) is 17.4 Å². The lowest BCUT2D eigenvalue weighted by molar-refractivity contribution is -0.870. The average Bonchev–Trinajstić information content (AvgIpc) is 3.25. The van der Waals surface area contributed by atoms with Gasteiger partial charge in [0.05, 0.1) is 39.9 Å². The minimum Gasteiger partial charge on any atom is -0.756 e. The van der Waals surface area contributed by atoms with Gasteiger partial charge < -0.3 is 28.8 Å². The van der Waals surface area contributed by atoms with E-state index in [4.69, 9.17) is 9.05 Å². The van der Waals surface area contributed by atoms with Crippen LogP contribution >= 0.6 is 7.82 Å². The number of aliphatic hydroxyl groups is 1. The molecule has 0 radical (unpaired) electrons. The van der Waals surface area contributed by atoms with E-state index in [9.17, 15) is 19.4 Å². The molecule has 0 aromatic carbocycles. The number of carbonyl (C=O) groups excluding carboxylic acids is 1. The Labute approximate surface area is 393 Å². The standard InChI is InChI=1S/C55H93N2O6P/c1-6-8-10-12-14-16-18-19-20-21-22-23-24-25-26-27-28-29-30-31-32-33-34-35-36-37-39-41-43-45-47-49-55(59)56-53(52-63-64(60,61)62-51-50-57(3,4)5)54(58)48-46-44-42-40-38-17-15-13-11-9-7-2/h8,10-11,13-14,16,19-20,22-23,25-26,28-29,31-32,38,40,46,48,53-54,58H,6-7,9,12,15,17-18,21,24,27,30,33-37,39,41-45,47,49-52H2,1-5H3,(H-,56,59,60,61)/b10-8-,13-11+,16-14-,20-19-,23-22-,26-25-,29-28-,32-31-,40-38+,48-46+. The molecule has 0 aliphatic rings. The highest BCUT2D eigenvalue weighted by molar-refractivity contribution is 7.45. The predicted molar refractivity (Wildman–Crippen MR) is 274 cm³/mol. The summed E-state index contributed by atoms with van der Waals surface area (Å²) in [7, 11) is 1.21. The maximum atomic E-state index is 12.9. The van der Waals surface area contributed by atoms with Crippen LogP contribution in [0.1, 0.15) is 168 Å². The van der Waals surface area contributed by atoms with Gasteiger partial charge in [-0.1, -0.05) is 187 Å². The third-order valence-electron chi connectivity index (χ3n) is 10.1. The van der Waals surface area contributed by atoms with Gasteiger partial charge in [-0.05, 0) is 96.3 Å². The lowest BCUT2D eigenvalue weighted by atomic mass is 10.1. The maximum absolute atomic E-state index is 12.9. The number of carbonyl (C=O) groups is 1. The van der Waals surface area contributed by atoms with Gasteiger partial charge in [0.25, 0.3) is 7.82 Å². The monoisotopic (exact) mass is 909 g/mol. The fourth-order valence-electron chi connectivity index (χ4n) is 6.23. The number of aliphatic hydroxyl groups excluding tert-OH is 1. The molecule has 0 aromatic rings. The van der Waals surface area contributed by atoms with Crippen LogP contribution in [-0.2, 0) is 18.4 Å². The Bertz CT molecular complexity index is 1450. The molecule has 0 saturated heterocycles. The number of rotatable bonds is 43. The third-order valence-corrected chi connectivity index (χ3v) is 11.1. The number of likely N-dealkylation sites (N-methyl/N-ethyl adjacent to an activating group) is 1. The molecular weight excluding hydrogens is 816 g/mol. The van der Waals surface area contributed by atoms with E-state index in [1.807, 2.05) is 27.2 Å². The number of phosphoric ester groups is 1. The maximum Gasteiger partial charge on any atom is 0.268 e. The minimum atomic E-state index is -4.61. The van der Waals surface area contributed by atoms with Crippen molar-refractivity contribution < 1.29 is 32.9 Å². The van der Waals surface area contributed by atoms with Gasteiger partial charge in [-0.25, -0.2) is 0 Å². The Hall–Kier alpha value is -3.10. The lowest BCUT2D eigenvalue weighted by Crippen LogP contribution is -2.45. The largest absolute Gasteiger partial charge is 0.756 e. The molecule has 0 heterocycles. The van der Waals surface area contributed by atoms with Crippen LogP contribution < -0.4 is 10.2 Å². The first-order chi connectivity index (χ1) is 31.0.